The fraction of sp³-hybridized carbons (Fsp3) is 0.545. The zero-order chi connectivity index (χ0) is 11.5. The number of anilines is 1. The van der Waals surface area contributed by atoms with Crippen LogP contribution in [-0.2, 0) is 6.54 Å². The average Bonchev–Trinajstić information content (AvgIpc) is 2.10. The Hall–Kier alpha value is -0.900. The topological polar surface area (TPSA) is 48.0 Å². The molecule has 1 rings (SSSR count). The van der Waals surface area contributed by atoms with Crippen LogP contribution in [0.3, 0.4) is 0 Å². The Balaban J connectivity index is 2.59. The van der Waals surface area contributed by atoms with Crippen LogP contribution in [0.2, 0.25) is 0 Å². The van der Waals surface area contributed by atoms with Gasteiger partial charge >= 0.3 is 0 Å². The van der Waals surface area contributed by atoms with Gasteiger partial charge in [0.25, 0.3) is 5.56 Å². The largest absolute Gasteiger partial charge is 0.394 e. The molecule has 2 N–H and O–H groups in total. The van der Waals surface area contributed by atoms with Crippen LogP contribution >= 0.6 is 11.8 Å². The molecule has 4 heteroatoms. The second-order valence-electron chi connectivity index (χ2n) is 4.42. The van der Waals surface area contributed by atoms with Gasteiger partial charge in [-0.1, -0.05) is 20.8 Å². The molecule has 1 heterocycles. The number of pyridine rings is 1. The Morgan fingerprint density at radius 3 is 2.73 bits per heavy atom. The minimum atomic E-state index is -0.0907. The summed E-state index contributed by atoms with van der Waals surface area (Å²) in [5, 5.41) is 0. The molecule has 0 spiro atoms. The summed E-state index contributed by atoms with van der Waals surface area (Å²) < 4.78 is 1.90. The Morgan fingerprint density at radius 1 is 1.47 bits per heavy atom. The van der Waals surface area contributed by atoms with Crippen LogP contribution in [0.4, 0.5) is 5.69 Å². The third-order valence-electron chi connectivity index (χ3n) is 1.92. The highest BCUT2D eigenvalue weighted by Gasteiger charge is 2.10. The summed E-state index contributed by atoms with van der Waals surface area (Å²) in [5.74, 6) is 0.923. The second-order valence-corrected chi connectivity index (χ2v) is 6.34. The molecule has 0 saturated heterocycles. The summed E-state index contributed by atoms with van der Waals surface area (Å²) in [7, 11) is 0. The molecule has 0 aliphatic carbocycles. The zero-order valence-electron chi connectivity index (χ0n) is 9.49. The van der Waals surface area contributed by atoms with E-state index in [1.54, 1.807) is 22.9 Å². The first kappa shape index (κ1) is 12.2. The summed E-state index contributed by atoms with van der Waals surface area (Å²) in [6.45, 7) is 7.21. The highest BCUT2D eigenvalue weighted by Crippen LogP contribution is 2.22. The van der Waals surface area contributed by atoms with Crippen molar-refractivity contribution in [2.24, 2.45) is 0 Å². The number of nitrogen functional groups attached to an aromatic ring is 1. The number of hydrogen-bond donors (Lipinski definition) is 1. The summed E-state index contributed by atoms with van der Waals surface area (Å²) in [6, 6.07) is 3.44. The lowest BCUT2D eigenvalue weighted by molar-refractivity contribution is 0.728. The highest BCUT2D eigenvalue weighted by molar-refractivity contribution is 8.00. The average molecular weight is 226 g/mol. The molecule has 0 aliphatic heterocycles. The molecule has 0 bridgehead atoms. The molecular formula is C11H18N2OS. The SMILES string of the molecule is CC(C)(C)SCCn1cccc(N)c1=O. The summed E-state index contributed by atoms with van der Waals surface area (Å²) in [4.78, 5) is 11.6. The second kappa shape index (κ2) is 4.75. The number of thioether (sulfide) groups is 1. The van der Waals surface area contributed by atoms with E-state index in [9.17, 15) is 4.79 Å². The maximum absolute atomic E-state index is 11.6. The fourth-order valence-electron chi connectivity index (χ4n) is 1.18. The van der Waals surface area contributed by atoms with E-state index < -0.39 is 0 Å². The van der Waals surface area contributed by atoms with E-state index >= 15 is 0 Å². The lowest BCUT2D eigenvalue weighted by Crippen LogP contribution is -2.23. The lowest BCUT2D eigenvalue weighted by Gasteiger charge is -2.17. The Bertz CT molecular complexity index is 379. The number of nitrogens with zero attached hydrogens (tertiary/aromatic N) is 1. The highest BCUT2D eigenvalue weighted by atomic mass is 32.2. The van der Waals surface area contributed by atoms with Crippen LogP contribution in [0.5, 0.6) is 0 Å². The Labute approximate surface area is 94.7 Å². The van der Waals surface area contributed by atoms with Gasteiger partial charge in [-0.2, -0.15) is 11.8 Å². The minimum absolute atomic E-state index is 0.0907. The van der Waals surface area contributed by atoms with Crippen molar-refractivity contribution < 1.29 is 0 Å². The van der Waals surface area contributed by atoms with Crippen LogP contribution in [0, 0.1) is 0 Å². The van der Waals surface area contributed by atoms with E-state index in [4.69, 9.17) is 5.73 Å². The van der Waals surface area contributed by atoms with Crippen molar-refractivity contribution in [1.82, 2.24) is 4.57 Å². The third kappa shape index (κ3) is 4.00. The number of aromatic nitrogens is 1. The molecule has 0 radical (unpaired) electrons. The summed E-state index contributed by atoms with van der Waals surface area (Å²) in [5.41, 5.74) is 5.77. The molecule has 0 aromatic carbocycles. The van der Waals surface area contributed by atoms with Crippen molar-refractivity contribution in [3.63, 3.8) is 0 Å². The lowest BCUT2D eigenvalue weighted by atomic mass is 10.3. The fourth-order valence-corrected chi connectivity index (χ4v) is 2.08. The standard InChI is InChI=1S/C11H18N2OS/c1-11(2,3)15-8-7-13-6-4-5-9(12)10(13)14/h4-6H,7-8,12H2,1-3H3. The Morgan fingerprint density at radius 2 is 2.13 bits per heavy atom. The molecule has 15 heavy (non-hydrogen) atoms. The molecule has 3 nitrogen and oxygen atoms in total. The van der Waals surface area contributed by atoms with Gasteiger partial charge in [-0.3, -0.25) is 4.79 Å². The minimum Gasteiger partial charge on any atom is -0.394 e. The van der Waals surface area contributed by atoms with Crippen molar-refractivity contribution in [1.29, 1.82) is 0 Å². The van der Waals surface area contributed by atoms with Gasteiger partial charge in [-0.25, -0.2) is 0 Å². The van der Waals surface area contributed by atoms with Crippen molar-refractivity contribution in [2.45, 2.75) is 32.1 Å². The van der Waals surface area contributed by atoms with Crippen LogP contribution in [0.25, 0.3) is 0 Å². The van der Waals surface area contributed by atoms with Crippen LogP contribution < -0.4 is 11.3 Å². The van der Waals surface area contributed by atoms with Crippen LogP contribution in [-0.4, -0.2) is 15.1 Å². The van der Waals surface area contributed by atoms with Gasteiger partial charge in [-0.15, -0.1) is 0 Å². The van der Waals surface area contributed by atoms with Gasteiger partial charge in [0, 0.05) is 23.2 Å². The molecule has 1 aromatic rings. The smallest absolute Gasteiger partial charge is 0.273 e. The number of aryl methyl sites for hydroxylation is 1. The molecule has 0 fully saturated rings. The van der Waals surface area contributed by atoms with Gasteiger partial charge in [0.2, 0.25) is 0 Å². The number of rotatable bonds is 3. The number of hydrogen-bond acceptors (Lipinski definition) is 3. The van der Waals surface area contributed by atoms with E-state index in [-0.39, 0.29) is 10.3 Å². The van der Waals surface area contributed by atoms with Gasteiger partial charge in [0.05, 0.1) is 5.69 Å². The summed E-state index contributed by atoms with van der Waals surface area (Å²) >= 11 is 1.84. The molecule has 0 aliphatic rings. The number of nitrogens with two attached hydrogens (primary N) is 1. The van der Waals surface area contributed by atoms with Crippen molar-refractivity contribution in [2.75, 3.05) is 11.5 Å². The quantitative estimate of drug-likeness (QED) is 0.857. The predicted octanol–water partition coefficient (Wildman–Crippen LogP) is 1.96. The van der Waals surface area contributed by atoms with Gasteiger partial charge < -0.3 is 10.3 Å². The summed E-state index contributed by atoms with van der Waals surface area (Å²) in [6.07, 6.45) is 1.78. The monoisotopic (exact) mass is 226 g/mol. The maximum Gasteiger partial charge on any atom is 0.273 e. The molecule has 0 saturated carbocycles. The van der Waals surface area contributed by atoms with Crippen molar-refractivity contribution in [3.8, 4) is 0 Å². The molecule has 0 amide bonds. The molecule has 84 valence electrons. The first-order chi connectivity index (χ1) is 6.90. The van der Waals surface area contributed by atoms with Gasteiger partial charge in [0.15, 0.2) is 0 Å². The molecule has 0 unspecified atom stereocenters. The van der Waals surface area contributed by atoms with E-state index in [2.05, 4.69) is 20.8 Å². The predicted molar refractivity (Wildman–Crippen MR) is 67.3 cm³/mol. The first-order valence-electron chi connectivity index (χ1n) is 4.99. The zero-order valence-corrected chi connectivity index (χ0v) is 10.3. The molecule has 1 aromatic heterocycles. The van der Waals surface area contributed by atoms with Gasteiger partial charge in [-0.05, 0) is 12.1 Å². The van der Waals surface area contributed by atoms with Crippen molar-refractivity contribution in [3.05, 3.63) is 28.7 Å². The van der Waals surface area contributed by atoms with Crippen LogP contribution in [0.15, 0.2) is 23.1 Å². The maximum atomic E-state index is 11.6. The Kier molecular flexibility index (Phi) is 3.85. The molecular weight excluding hydrogens is 208 g/mol. The van der Waals surface area contributed by atoms with E-state index in [1.165, 1.54) is 0 Å². The van der Waals surface area contributed by atoms with E-state index in [0.29, 0.717) is 12.2 Å². The molecule has 0 atom stereocenters. The van der Waals surface area contributed by atoms with Crippen molar-refractivity contribution >= 4 is 17.4 Å². The van der Waals surface area contributed by atoms with Gasteiger partial charge in [0.1, 0.15) is 0 Å². The third-order valence-corrected chi connectivity index (χ3v) is 3.17. The van der Waals surface area contributed by atoms with E-state index in [1.807, 2.05) is 11.8 Å². The van der Waals surface area contributed by atoms with E-state index in [0.717, 1.165) is 5.75 Å². The van der Waals surface area contributed by atoms with Crippen LogP contribution in [0.1, 0.15) is 20.8 Å². The normalized spacial score (nSPS) is 11.7. The first-order valence-corrected chi connectivity index (χ1v) is 5.97.